The lowest BCUT2D eigenvalue weighted by atomic mass is 9.85. The summed E-state index contributed by atoms with van der Waals surface area (Å²) in [6.07, 6.45) is 18.6. The minimum atomic E-state index is 1.07. The number of nitrogens with zero attached hydrogens (tertiary/aromatic N) is 2. The van der Waals surface area contributed by atoms with Crippen LogP contribution < -0.4 is 0 Å². The van der Waals surface area contributed by atoms with E-state index in [2.05, 4.69) is 17.2 Å². The van der Waals surface area contributed by atoms with Gasteiger partial charge in [-0.25, -0.2) is 0 Å². The minimum Gasteiger partial charge on any atom is -0.264 e. The Kier molecular flexibility index (Phi) is 3.92. The molecule has 114 valence electrons. The first-order valence-electron chi connectivity index (χ1n) is 8.82. The highest BCUT2D eigenvalue weighted by atomic mass is 14.7. The van der Waals surface area contributed by atoms with Gasteiger partial charge in [0.25, 0.3) is 0 Å². The van der Waals surface area contributed by atoms with Crippen LogP contribution in [0.1, 0.15) is 59.2 Å². The molecule has 0 amide bonds. The van der Waals surface area contributed by atoms with E-state index in [-0.39, 0.29) is 0 Å². The van der Waals surface area contributed by atoms with Crippen molar-refractivity contribution in [3.05, 3.63) is 58.2 Å². The molecular weight excluding hydrogens is 268 g/mol. The van der Waals surface area contributed by atoms with Gasteiger partial charge in [0.05, 0.1) is 0 Å². The first-order chi connectivity index (χ1) is 10.9. The van der Waals surface area contributed by atoms with Crippen LogP contribution in [0.5, 0.6) is 0 Å². The third-order valence-electron chi connectivity index (χ3n) is 5.38. The summed E-state index contributed by atoms with van der Waals surface area (Å²) in [5.41, 5.74) is 9.04. The van der Waals surface area contributed by atoms with Gasteiger partial charge in [-0.05, 0) is 85.3 Å². The standard InChI is InChI=1S/C20H24N2/c1-2-4-6-18-17(5-3-1)14-22-20-10-8-16-13-21-12-11-15(16)7-9-19(18)20/h11-14H,1-10H2. The van der Waals surface area contributed by atoms with Crippen LogP contribution in [0.25, 0.3) is 0 Å². The molecule has 0 N–H and O–H groups in total. The lowest BCUT2D eigenvalue weighted by Gasteiger charge is -2.22. The maximum Gasteiger partial charge on any atom is 0.0441 e. The molecule has 2 heteroatoms. The molecule has 2 aromatic rings. The zero-order valence-electron chi connectivity index (χ0n) is 13.3. The number of fused-ring (bicyclic) bond motifs is 4. The first kappa shape index (κ1) is 13.9. The van der Waals surface area contributed by atoms with Gasteiger partial charge in [-0.15, -0.1) is 0 Å². The van der Waals surface area contributed by atoms with E-state index in [0.29, 0.717) is 0 Å². The Morgan fingerprint density at radius 3 is 2.45 bits per heavy atom. The molecule has 0 saturated carbocycles. The highest BCUT2D eigenvalue weighted by Gasteiger charge is 2.18. The maximum atomic E-state index is 4.86. The second-order valence-electron chi connectivity index (χ2n) is 6.75. The zero-order chi connectivity index (χ0) is 14.8. The molecule has 0 saturated heterocycles. The predicted molar refractivity (Wildman–Crippen MR) is 89.2 cm³/mol. The van der Waals surface area contributed by atoms with Crippen LogP contribution in [-0.2, 0) is 38.5 Å². The third kappa shape index (κ3) is 2.67. The van der Waals surface area contributed by atoms with Crippen LogP contribution in [0.2, 0.25) is 0 Å². The first-order valence-corrected chi connectivity index (χ1v) is 8.82. The Morgan fingerprint density at radius 1 is 0.636 bits per heavy atom. The Bertz CT molecular complexity index is 675. The van der Waals surface area contributed by atoms with Crippen molar-refractivity contribution in [1.82, 2.24) is 9.97 Å². The molecule has 2 heterocycles. The quantitative estimate of drug-likeness (QED) is 0.733. The van der Waals surface area contributed by atoms with Crippen LogP contribution in [-0.4, -0.2) is 9.97 Å². The monoisotopic (exact) mass is 292 g/mol. The fourth-order valence-corrected chi connectivity index (χ4v) is 4.13. The van der Waals surface area contributed by atoms with Crippen molar-refractivity contribution >= 4 is 0 Å². The van der Waals surface area contributed by atoms with Gasteiger partial charge in [0, 0.05) is 24.3 Å². The smallest absolute Gasteiger partial charge is 0.0441 e. The van der Waals surface area contributed by atoms with E-state index in [0.717, 1.165) is 25.7 Å². The summed E-state index contributed by atoms with van der Waals surface area (Å²) in [5.74, 6) is 0. The van der Waals surface area contributed by atoms with Gasteiger partial charge in [-0.3, -0.25) is 9.97 Å². The molecule has 0 aliphatic heterocycles. The molecule has 0 unspecified atom stereocenters. The fraction of sp³-hybridized carbons (Fsp3) is 0.500. The molecule has 4 rings (SSSR count). The van der Waals surface area contributed by atoms with Gasteiger partial charge in [0.1, 0.15) is 0 Å². The zero-order valence-corrected chi connectivity index (χ0v) is 13.3. The van der Waals surface area contributed by atoms with E-state index in [9.17, 15) is 0 Å². The van der Waals surface area contributed by atoms with Gasteiger partial charge in [0.15, 0.2) is 0 Å². The minimum absolute atomic E-state index is 1.07. The fourth-order valence-electron chi connectivity index (χ4n) is 4.13. The maximum absolute atomic E-state index is 4.86. The van der Waals surface area contributed by atoms with Gasteiger partial charge in [-0.1, -0.05) is 12.8 Å². The molecule has 22 heavy (non-hydrogen) atoms. The number of hydrogen-bond acceptors (Lipinski definition) is 2. The van der Waals surface area contributed by atoms with Crippen molar-refractivity contribution < 1.29 is 0 Å². The number of pyridine rings is 2. The summed E-state index contributed by atoms with van der Waals surface area (Å²) >= 11 is 0. The highest BCUT2D eigenvalue weighted by Crippen LogP contribution is 2.28. The van der Waals surface area contributed by atoms with E-state index < -0.39 is 0 Å². The number of rotatable bonds is 0. The molecule has 2 aliphatic rings. The largest absolute Gasteiger partial charge is 0.264 e. The number of aromatic nitrogens is 2. The van der Waals surface area contributed by atoms with E-state index in [1.807, 2.05) is 12.4 Å². The van der Waals surface area contributed by atoms with Crippen molar-refractivity contribution in [3.8, 4) is 0 Å². The van der Waals surface area contributed by atoms with Crippen molar-refractivity contribution in [3.63, 3.8) is 0 Å². The lowest BCUT2D eigenvalue weighted by Crippen LogP contribution is -2.14. The molecule has 2 nitrogen and oxygen atoms in total. The van der Waals surface area contributed by atoms with Crippen LogP contribution in [0.15, 0.2) is 24.7 Å². The molecular formula is C20H24N2. The van der Waals surface area contributed by atoms with E-state index in [1.165, 1.54) is 60.9 Å². The van der Waals surface area contributed by atoms with Crippen molar-refractivity contribution in [2.24, 2.45) is 0 Å². The Hall–Kier alpha value is -1.70. The molecule has 0 bridgehead atoms. The van der Waals surface area contributed by atoms with Gasteiger partial charge >= 0.3 is 0 Å². The summed E-state index contributed by atoms with van der Waals surface area (Å²) in [5, 5.41) is 0. The van der Waals surface area contributed by atoms with Gasteiger partial charge in [-0.2, -0.15) is 0 Å². The highest BCUT2D eigenvalue weighted by molar-refractivity contribution is 5.40. The van der Waals surface area contributed by atoms with Gasteiger partial charge < -0.3 is 0 Å². The topological polar surface area (TPSA) is 25.8 Å². The van der Waals surface area contributed by atoms with Crippen LogP contribution in [0.3, 0.4) is 0 Å². The third-order valence-corrected chi connectivity index (χ3v) is 5.38. The van der Waals surface area contributed by atoms with Crippen LogP contribution in [0, 0.1) is 0 Å². The van der Waals surface area contributed by atoms with Gasteiger partial charge in [0.2, 0.25) is 0 Å². The molecule has 0 spiro atoms. The van der Waals surface area contributed by atoms with E-state index in [1.54, 1.807) is 11.1 Å². The molecule has 2 aliphatic carbocycles. The van der Waals surface area contributed by atoms with Crippen molar-refractivity contribution in [2.45, 2.75) is 64.2 Å². The summed E-state index contributed by atoms with van der Waals surface area (Å²) < 4.78 is 0. The summed E-state index contributed by atoms with van der Waals surface area (Å²) in [6, 6.07) is 2.21. The normalized spacial score (nSPS) is 18.0. The van der Waals surface area contributed by atoms with E-state index >= 15 is 0 Å². The predicted octanol–water partition coefficient (Wildman–Crippen LogP) is 4.02. The second-order valence-corrected chi connectivity index (χ2v) is 6.75. The summed E-state index contributed by atoms with van der Waals surface area (Å²) in [4.78, 5) is 9.16. The number of aryl methyl sites for hydroxylation is 4. The van der Waals surface area contributed by atoms with Crippen molar-refractivity contribution in [1.29, 1.82) is 0 Å². The molecule has 0 aromatic carbocycles. The Morgan fingerprint density at radius 2 is 1.50 bits per heavy atom. The van der Waals surface area contributed by atoms with Crippen LogP contribution in [0.4, 0.5) is 0 Å². The van der Waals surface area contributed by atoms with Crippen molar-refractivity contribution in [2.75, 3.05) is 0 Å². The molecule has 0 radical (unpaired) electrons. The number of hydrogen-bond donors (Lipinski definition) is 0. The Labute approximate surface area is 133 Å². The molecule has 0 fully saturated rings. The molecule has 2 aromatic heterocycles. The van der Waals surface area contributed by atoms with E-state index in [4.69, 9.17) is 4.98 Å². The Balaban J connectivity index is 1.71. The van der Waals surface area contributed by atoms with Crippen LogP contribution >= 0.6 is 0 Å². The molecule has 0 atom stereocenters. The summed E-state index contributed by atoms with van der Waals surface area (Å²) in [6.45, 7) is 0. The average Bonchev–Trinajstić information content (AvgIpc) is 2.50. The summed E-state index contributed by atoms with van der Waals surface area (Å²) in [7, 11) is 0. The second kappa shape index (κ2) is 6.20. The SMILES string of the molecule is c1cc2c(cn1)CCc1ncc3c(c1CC2)CCCCCC3. The average molecular weight is 292 g/mol. The lowest BCUT2D eigenvalue weighted by molar-refractivity contribution is 0.609.